The summed E-state index contributed by atoms with van der Waals surface area (Å²) in [6.07, 6.45) is 0.692. The lowest BCUT2D eigenvalue weighted by molar-refractivity contribution is 0.300. The van der Waals surface area contributed by atoms with E-state index in [9.17, 15) is 5.11 Å². The van der Waals surface area contributed by atoms with Crippen molar-refractivity contribution in [1.82, 2.24) is 0 Å². The smallest absolute Gasteiger partial charge is 0.261 e. The van der Waals surface area contributed by atoms with Crippen LogP contribution in [0, 0.1) is 0 Å². The average Bonchev–Trinajstić information content (AvgIpc) is 2.67. The molecule has 0 radical (unpaired) electrons. The molecule has 0 aliphatic rings. The highest BCUT2D eigenvalue weighted by atomic mass is 28.4. The van der Waals surface area contributed by atoms with Crippen molar-refractivity contribution < 1.29 is 9.53 Å². The molecule has 0 bridgehead atoms. The molecule has 140 valence electrons. The van der Waals surface area contributed by atoms with Gasteiger partial charge in [-0.15, -0.1) is 0 Å². The second-order valence-corrected chi connectivity index (χ2v) is 12.2. The zero-order chi connectivity index (χ0) is 19.3. The van der Waals surface area contributed by atoms with E-state index in [2.05, 4.69) is 81.4 Å². The van der Waals surface area contributed by atoms with E-state index in [0.29, 0.717) is 18.8 Å². The first-order valence-electron chi connectivity index (χ1n) is 9.47. The minimum Gasteiger partial charge on any atom is -0.508 e. The first kappa shape index (κ1) is 19.4. The Kier molecular flexibility index (Phi) is 5.83. The van der Waals surface area contributed by atoms with Crippen molar-refractivity contribution in [3.8, 4) is 5.75 Å². The van der Waals surface area contributed by atoms with Crippen LogP contribution >= 0.6 is 0 Å². The van der Waals surface area contributed by atoms with Crippen LogP contribution in [0.4, 0.5) is 0 Å². The number of phenols is 1. The van der Waals surface area contributed by atoms with Gasteiger partial charge in [0, 0.05) is 6.61 Å². The SMILES string of the molecule is CC(C)(C)[Si](OCCc1ccccc1O)(c1ccccc1)c1ccccc1. The maximum absolute atomic E-state index is 10.1. The third-order valence-corrected chi connectivity index (χ3v) is 10.1. The monoisotopic (exact) mass is 376 g/mol. The number of rotatable bonds is 6. The zero-order valence-electron chi connectivity index (χ0n) is 16.4. The van der Waals surface area contributed by atoms with Crippen LogP contribution < -0.4 is 10.4 Å². The molecule has 0 aliphatic carbocycles. The molecule has 3 aromatic rings. The van der Waals surface area contributed by atoms with E-state index in [1.807, 2.05) is 18.2 Å². The van der Waals surface area contributed by atoms with Crippen molar-refractivity contribution >= 4 is 18.7 Å². The van der Waals surface area contributed by atoms with E-state index in [1.54, 1.807) is 6.07 Å². The summed E-state index contributed by atoms with van der Waals surface area (Å²) in [4.78, 5) is 0. The molecule has 3 aromatic carbocycles. The normalized spacial score (nSPS) is 12.1. The molecule has 3 heteroatoms. The first-order valence-corrected chi connectivity index (χ1v) is 11.4. The highest BCUT2D eigenvalue weighted by molar-refractivity contribution is 6.99. The van der Waals surface area contributed by atoms with Crippen molar-refractivity contribution in [2.45, 2.75) is 32.2 Å². The van der Waals surface area contributed by atoms with Gasteiger partial charge in [-0.2, -0.15) is 0 Å². The Hall–Kier alpha value is -2.36. The molecule has 2 nitrogen and oxygen atoms in total. The summed E-state index contributed by atoms with van der Waals surface area (Å²) in [5.74, 6) is 0.337. The lowest BCUT2D eigenvalue weighted by atomic mass is 10.1. The van der Waals surface area contributed by atoms with Gasteiger partial charge in [-0.05, 0) is 33.5 Å². The molecule has 0 aromatic heterocycles. The summed E-state index contributed by atoms with van der Waals surface area (Å²) in [5, 5.41) is 12.6. The minimum absolute atomic E-state index is 0.0333. The van der Waals surface area contributed by atoms with E-state index >= 15 is 0 Å². The largest absolute Gasteiger partial charge is 0.508 e. The van der Waals surface area contributed by atoms with Crippen LogP contribution in [0.5, 0.6) is 5.75 Å². The summed E-state index contributed by atoms with van der Waals surface area (Å²) in [5.41, 5.74) is 0.926. The molecular weight excluding hydrogens is 348 g/mol. The van der Waals surface area contributed by atoms with Gasteiger partial charge < -0.3 is 9.53 Å². The van der Waals surface area contributed by atoms with Gasteiger partial charge in [-0.3, -0.25) is 0 Å². The Morgan fingerprint density at radius 3 is 1.70 bits per heavy atom. The number of aromatic hydroxyl groups is 1. The molecular formula is C24H28O2Si. The summed E-state index contributed by atoms with van der Waals surface area (Å²) in [7, 11) is -2.50. The summed E-state index contributed by atoms with van der Waals surface area (Å²) in [6.45, 7) is 7.41. The quantitative estimate of drug-likeness (QED) is 0.641. The molecule has 0 heterocycles. The summed E-state index contributed by atoms with van der Waals surface area (Å²) < 4.78 is 6.85. The van der Waals surface area contributed by atoms with Gasteiger partial charge in [-0.1, -0.05) is 99.6 Å². The number of para-hydroxylation sites is 1. The minimum atomic E-state index is -2.50. The lowest BCUT2D eigenvalue weighted by Gasteiger charge is -2.43. The van der Waals surface area contributed by atoms with Crippen LogP contribution in [0.15, 0.2) is 84.9 Å². The Bertz CT molecular complexity index is 815. The predicted molar refractivity (Wildman–Crippen MR) is 115 cm³/mol. The molecule has 3 rings (SSSR count). The van der Waals surface area contributed by atoms with Gasteiger partial charge in [0.2, 0.25) is 0 Å². The molecule has 0 unspecified atom stereocenters. The molecule has 0 fully saturated rings. The first-order chi connectivity index (χ1) is 12.9. The van der Waals surface area contributed by atoms with Crippen LogP contribution in [-0.2, 0) is 10.8 Å². The summed E-state index contributed by atoms with van der Waals surface area (Å²) >= 11 is 0. The van der Waals surface area contributed by atoms with Gasteiger partial charge in [0.15, 0.2) is 0 Å². The fraction of sp³-hybridized carbons (Fsp3) is 0.250. The number of benzene rings is 3. The molecule has 1 N–H and O–H groups in total. The van der Waals surface area contributed by atoms with Gasteiger partial charge in [0.1, 0.15) is 5.75 Å². The number of phenolic OH excluding ortho intramolecular Hbond substituents is 1. The Balaban J connectivity index is 2.00. The summed E-state index contributed by atoms with van der Waals surface area (Å²) in [6, 6.07) is 28.8. The second kappa shape index (κ2) is 8.11. The zero-order valence-corrected chi connectivity index (χ0v) is 17.4. The van der Waals surface area contributed by atoms with Crippen LogP contribution in [0.1, 0.15) is 26.3 Å². The average molecular weight is 377 g/mol. The Labute approximate surface area is 163 Å². The molecule has 0 saturated heterocycles. The molecule has 0 atom stereocenters. The predicted octanol–water partition coefficient (Wildman–Crippen LogP) is 4.51. The van der Waals surface area contributed by atoms with Crippen molar-refractivity contribution in [1.29, 1.82) is 0 Å². The molecule has 0 saturated carbocycles. The second-order valence-electron chi connectivity index (χ2n) is 7.89. The molecule has 0 spiro atoms. The highest BCUT2D eigenvalue weighted by Gasteiger charge is 2.49. The van der Waals surface area contributed by atoms with Gasteiger partial charge >= 0.3 is 0 Å². The molecule has 27 heavy (non-hydrogen) atoms. The van der Waals surface area contributed by atoms with E-state index < -0.39 is 8.32 Å². The fourth-order valence-corrected chi connectivity index (χ4v) is 8.36. The Morgan fingerprint density at radius 2 is 1.22 bits per heavy atom. The number of hydrogen-bond donors (Lipinski definition) is 1. The molecule has 0 amide bonds. The van der Waals surface area contributed by atoms with Gasteiger partial charge in [-0.25, -0.2) is 0 Å². The van der Waals surface area contributed by atoms with Crippen molar-refractivity contribution in [2.75, 3.05) is 6.61 Å². The van der Waals surface area contributed by atoms with Gasteiger partial charge in [0.05, 0.1) is 0 Å². The van der Waals surface area contributed by atoms with Crippen molar-refractivity contribution in [3.05, 3.63) is 90.5 Å². The van der Waals surface area contributed by atoms with Crippen LogP contribution in [0.2, 0.25) is 5.04 Å². The van der Waals surface area contributed by atoms with E-state index in [4.69, 9.17) is 4.43 Å². The van der Waals surface area contributed by atoms with E-state index in [0.717, 1.165) is 5.56 Å². The topological polar surface area (TPSA) is 29.5 Å². The molecule has 0 aliphatic heterocycles. The van der Waals surface area contributed by atoms with Crippen LogP contribution in [0.3, 0.4) is 0 Å². The fourth-order valence-electron chi connectivity index (χ4n) is 3.80. The Morgan fingerprint density at radius 1 is 0.741 bits per heavy atom. The maximum atomic E-state index is 10.1. The van der Waals surface area contributed by atoms with E-state index in [1.165, 1.54) is 10.4 Å². The van der Waals surface area contributed by atoms with Crippen molar-refractivity contribution in [2.24, 2.45) is 0 Å². The van der Waals surface area contributed by atoms with Crippen LogP contribution in [-0.4, -0.2) is 20.0 Å². The van der Waals surface area contributed by atoms with E-state index in [-0.39, 0.29) is 5.04 Å². The van der Waals surface area contributed by atoms with Crippen LogP contribution in [0.25, 0.3) is 0 Å². The third kappa shape index (κ3) is 3.99. The highest BCUT2D eigenvalue weighted by Crippen LogP contribution is 2.36. The van der Waals surface area contributed by atoms with Gasteiger partial charge in [0.25, 0.3) is 8.32 Å². The number of hydrogen-bond acceptors (Lipinski definition) is 2. The maximum Gasteiger partial charge on any atom is 0.261 e. The third-order valence-electron chi connectivity index (χ3n) is 5.10. The standard InChI is InChI=1S/C24H28O2Si/c1-24(2,3)27(21-13-6-4-7-14-21,22-15-8-5-9-16-22)26-19-18-20-12-10-11-17-23(20)25/h4-17,25H,18-19H2,1-3H3. The van der Waals surface area contributed by atoms with Crippen molar-refractivity contribution in [3.63, 3.8) is 0 Å². The lowest BCUT2D eigenvalue weighted by Crippen LogP contribution is -2.66.